The minimum absolute atomic E-state index is 0.0940. The third-order valence-corrected chi connectivity index (χ3v) is 4.06. The molecule has 1 aromatic carbocycles. The molecule has 1 aliphatic rings. The third-order valence-electron chi connectivity index (χ3n) is 4.06. The summed E-state index contributed by atoms with van der Waals surface area (Å²) in [7, 11) is 2.03. The minimum atomic E-state index is -0.612. The SMILES string of the molecule is C[C@H]1CN(C)CCN1C(=O)Cn1nc(-c2ccccc2)oc1=O. The number of carbonyl (C=O) groups excluding carboxylic acids is 1. The number of benzene rings is 1. The molecule has 3 rings (SSSR count). The summed E-state index contributed by atoms with van der Waals surface area (Å²) in [6.07, 6.45) is 0. The van der Waals surface area contributed by atoms with Gasteiger partial charge in [-0.15, -0.1) is 5.10 Å². The Labute approximate surface area is 134 Å². The number of nitrogens with zero attached hydrogens (tertiary/aromatic N) is 4. The molecule has 1 fully saturated rings. The van der Waals surface area contributed by atoms with Crippen molar-refractivity contribution in [1.82, 2.24) is 19.6 Å². The second kappa shape index (κ2) is 6.37. The molecule has 1 saturated heterocycles. The summed E-state index contributed by atoms with van der Waals surface area (Å²) in [4.78, 5) is 28.3. The smallest absolute Gasteiger partial charge is 0.388 e. The van der Waals surface area contributed by atoms with Crippen LogP contribution in [0.2, 0.25) is 0 Å². The standard InChI is InChI=1S/C16H20N4O3/c1-12-10-18(2)8-9-19(12)14(21)11-20-16(22)23-15(17-20)13-6-4-3-5-7-13/h3-7,12H,8-11H2,1-2H3/t12-/m0/s1. The van der Waals surface area contributed by atoms with Gasteiger partial charge in [-0.1, -0.05) is 18.2 Å². The maximum Gasteiger partial charge on any atom is 0.437 e. The highest BCUT2D eigenvalue weighted by atomic mass is 16.4. The predicted molar refractivity (Wildman–Crippen MR) is 84.9 cm³/mol. The highest BCUT2D eigenvalue weighted by molar-refractivity contribution is 5.76. The molecule has 1 atom stereocenters. The number of hydrogen-bond donors (Lipinski definition) is 0. The van der Waals surface area contributed by atoms with Crippen molar-refractivity contribution in [3.05, 3.63) is 40.9 Å². The molecule has 1 aromatic heterocycles. The first-order valence-corrected chi connectivity index (χ1v) is 7.66. The number of likely N-dealkylation sites (N-methyl/N-ethyl adjacent to an activating group) is 1. The van der Waals surface area contributed by atoms with Crippen LogP contribution in [0.25, 0.3) is 11.5 Å². The molecule has 2 aromatic rings. The second-order valence-corrected chi connectivity index (χ2v) is 5.90. The number of amides is 1. The first-order valence-electron chi connectivity index (χ1n) is 7.66. The average molecular weight is 316 g/mol. The molecular formula is C16H20N4O3. The largest absolute Gasteiger partial charge is 0.437 e. The van der Waals surface area contributed by atoms with E-state index >= 15 is 0 Å². The van der Waals surface area contributed by atoms with Crippen LogP contribution in [0, 0.1) is 0 Å². The Morgan fingerprint density at radius 1 is 1.30 bits per heavy atom. The molecule has 1 aliphatic heterocycles. The topological polar surface area (TPSA) is 71.6 Å². The molecule has 0 spiro atoms. The third kappa shape index (κ3) is 3.34. The van der Waals surface area contributed by atoms with Gasteiger partial charge in [0.2, 0.25) is 11.8 Å². The molecular weight excluding hydrogens is 296 g/mol. The van der Waals surface area contributed by atoms with Gasteiger partial charge in [-0.05, 0) is 26.1 Å². The van der Waals surface area contributed by atoms with Crippen molar-refractivity contribution in [2.24, 2.45) is 0 Å². The van der Waals surface area contributed by atoms with Crippen molar-refractivity contribution >= 4 is 5.91 Å². The Morgan fingerprint density at radius 2 is 2.04 bits per heavy atom. The number of aromatic nitrogens is 2. The van der Waals surface area contributed by atoms with Crippen LogP contribution in [0.15, 0.2) is 39.5 Å². The van der Waals surface area contributed by atoms with Gasteiger partial charge in [0.25, 0.3) is 0 Å². The summed E-state index contributed by atoms with van der Waals surface area (Å²) in [6, 6.07) is 9.28. The van der Waals surface area contributed by atoms with Crippen LogP contribution >= 0.6 is 0 Å². The Bertz CT molecular complexity index is 737. The maximum absolute atomic E-state index is 12.4. The maximum atomic E-state index is 12.4. The lowest BCUT2D eigenvalue weighted by molar-refractivity contribution is -0.136. The highest BCUT2D eigenvalue weighted by Crippen LogP contribution is 2.14. The van der Waals surface area contributed by atoms with E-state index in [1.807, 2.05) is 32.2 Å². The summed E-state index contributed by atoms with van der Waals surface area (Å²) in [6.45, 7) is 4.24. The van der Waals surface area contributed by atoms with Gasteiger partial charge in [-0.25, -0.2) is 4.79 Å². The normalized spacial score (nSPS) is 19.0. The monoisotopic (exact) mass is 316 g/mol. The van der Waals surface area contributed by atoms with E-state index in [0.717, 1.165) is 17.8 Å². The lowest BCUT2D eigenvalue weighted by atomic mass is 10.2. The molecule has 0 saturated carbocycles. The molecule has 2 heterocycles. The van der Waals surface area contributed by atoms with Gasteiger partial charge in [0.05, 0.1) is 0 Å². The van der Waals surface area contributed by atoms with E-state index in [1.54, 1.807) is 17.0 Å². The molecule has 23 heavy (non-hydrogen) atoms. The fraction of sp³-hybridized carbons (Fsp3) is 0.438. The number of carbonyl (C=O) groups is 1. The zero-order valence-electron chi connectivity index (χ0n) is 13.3. The van der Waals surface area contributed by atoms with Crippen molar-refractivity contribution in [3.63, 3.8) is 0 Å². The lowest BCUT2D eigenvalue weighted by Gasteiger charge is -2.38. The minimum Gasteiger partial charge on any atom is -0.388 e. The molecule has 0 radical (unpaired) electrons. The summed E-state index contributed by atoms with van der Waals surface area (Å²) in [5.41, 5.74) is 0.712. The average Bonchev–Trinajstić information content (AvgIpc) is 2.89. The highest BCUT2D eigenvalue weighted by Gasteiger charge is 2.26. The first kappa shape index (κ1) is 15.5. The van der Waals surface area contributed by atoms with E-state index in [4.69, 9.17) is 4.42 Å². The van der Waals surface area contributed by atoms with Crippen LogP contribution in [-0.2, 0) is 11.3 Å². The van der Waals surface area contributed by atoms with E-state index in [1.165, 1.54) is 0 Å². The molecule has 1 amide bonds. The molecule has 0 bridgehead atoms. The molecule has 7 heteroatoms. The summed E-state index contributed by atoms with van der Waals surface area (Å²) < 4.78 is 6.24. The van der Waals surface area contributed by atoms with Gasteiger partial charge < -0.3 is 14.2 Å². The number of piperazine rings is 1. The van der Waals surface area contributed by atoms with E-state index in [-0.39, 0.29) is 24.4 Å². The fourth-order valence-corrected chi connectivity index (χ4v) is 2.83. The van der Waals surface area contributed by atoms with E-state index in [9.17, 15) is 9.59 Å². The molecule has 0 aliphatic carbocycles. The Kier molecular flexibility index (Phi) is 4.29. The van der Waals surface area contributed by atoms with Gasteiger partial charge in [-0.2, -0.15) is 4.68 Å². The van der Waals surface area contributed by atoms with E-state index in [0.29, 0.717) is 12.1 Å². The Balaban J connectivity index is 1.74. The Morgan fingerprint density at radius 3 is 2.74 bits per heavy atom. The van der Waals surface area contributed by atoms with Gasteiger partial charge in [0.15, 0.2) is 0 Å². The van der Waals surface area contributed by atoms with Crippen LogP contribution in [0.1, 0.15) is 6.92 Å². The summed E-state index contributed by atoms with van der Waals surface area (Å²) >= 11 is 0. The van der Waals surface area contributed by atoms with Gasteiger partial charge in [0, 0.05) is 31.2 Å². The Hall–Kier alpha value is -2.41. The van der Waals surface area contributed by atoms with Crippen molar-refractivity contribution in [1.29, 1.82) is 0 Å². The lowest BCUT2D eigenvalue weighted by Crippen LogP contribution is -2.53. The predicted octanol–water partition coefficient (Wildman–Crippen LogP) is 0.666. The van der Waals surface area contributed by atoms with Crippen LogP contribution < -0.4 is 5.76 Å². The molecule has 122 valence electrons. The van der Waals surface area contributed by atoms with Gasteiger partial charge >= 0.3 is 5.76 Å². The van der Waals surface area contributed by atoms with E-state index < -0.39 is 5.76 Å². The molecule has 7 nitrogen and oxygen atoms in total. The van der Waals surface area contributed by atoms with Crippen LogP contribution in [-0.4, -0.2) is 58.2 Å². The molecule has 0 N–H and O–H groups in total. The molecule has 0 unspecified atom stereocenters. The van der Waals surface area contributed by atoms with Crippen LogP contribution in [0.3, 0.4) is 0 Å². The van der Waals surface area contributed by atoms with E-state index in [2.05, 4.69) is 10.00 Å². The number of rotatable bonds is 3. The quantitative estimate of drug-likeness (QED) is 0.832. The zero-order chi connectivity index (χ0) is 16.4. The second-order valence-electron chi connectivity index (χ2n) is 5.90. The van der Waals surface area contributed by atoms with Crippen LogP contribution in [0.5, 0.6) is 0 Å². The van der Waals surface area contributed by atoms with Crippen molar-refractivity contribution in [3.8, 4) is 11.5 Å². The van der Waals surface area contributed by atoms with Gasteiger partial charge in [-0.3, -0.25) is 4.79 Å². The van der Waals surface area contributed by atoms with Crippen molar-refractivity contribution in [2.45, 2.75) is 19.5 Å². The van der Waals surface area contributed by atoms with Crippen molar-refractivity contribution in [2.75, 3.05) is 26.7 Å². The summed E-state index contributed by atoms with van der Waals surface area (Å²) in [5.74, 6) is -0.491. The fourth-order valence-electron chi connectivity index (χ4n) is 2.83. The first-order chi connectivity index (χ1) is 11.0. The van der Waals surface area contributed by atoms with Crippen molar-refractivity contribution < 1.29 is 9.21 Å². The summed E-state index contributed by atoms with van der Waals surface area (Å²) in [5, 5.41) is 4.13. The van der Waals surface area contributed by atoms with Crippen LogP contribution in [0.4, 0.5) is 0 Å². The van der Waals surface area contributed by atoms with Gasteiger partial charge in [0.1, 0.15) is 6.54 Å². The zero-order valence-corrected chi connectivity index (χ0v) is 13.3. The number of hydrogen-bond acceptors (Lipinski definition) is 5.